The van der Waals surface area contributed by atoms with Crippen molar-refractivity contribution in [2.24, 2.45) is 0 Å². The third-order valence-electron chi connectivity index (χ3n) is 4.07. The molecule has 162 valence electrons. The van der Waals surface area contributed by atoms with Crippen molar-refractivity contribution in [2.75, 3.05) is 12.4 Å². The van der Waals surface area contributed by atoms with Crippen molar-refractivity contribution in [2.45, 2.75) is 52.8 Å². The van der Waals surface area contributed by atoms with Gasteiger partial charge in [0, 0.05) is 39.2 Å². The van der Waals surface area contributed by atoms with Crippen LogP contribution in [0.25, 0.3) is 0 Å². The van der Waals surface area contributed by atoms with Crippen molar-refractivity contribution in [3.63, 3.8) is 0 Å². The van der Waals surface area contributed by atoms with Crippen molar-refractivity contribution < 1.29 is 19.2 Å². The fourth-order valence-corrected chi connectivity index (χ4v) is 2.68. The largest absolute Gasteiger partial charge is 0.444 e. The van der Waals surface area contributed by atoms with Crippen LogP contribution in [0.1, 0.15) is 38.6 Å². The first kappa shape index (κ1) is 22.9. The van der Waals surface area contributed by atoms with E-state index in [-0.39, 0.29) is 24.7 Å². The molecule has 0 fully saturated rings. The van der Waals surface area contributed by atoms with Crippen molar-refractivity contribution in [3.8, 4) is 0 Å². The zero-order valence-corrected chi connectivity index (χ0v) is 17.8. The Labute approximate surface area is 175 Å². The van der Waals surface area contributed by atoms with Crippen LogP contribution >= 0.6 is 0 Å². The van der Waals surface area contributed by atoms with E-state index in [1.807, 2.05) is 6.07 Å². The third kappa shape index (κ3) is 6.87. The van der Waals surface area contributed by atoms with E-state index in [0.717, 1.165) is 5.56 Å². The van der Waals surface area contributed by atoms with E-state index in [1.165, 1.54) is 11.1 Å². The van der Waals surface area contributed by atoms with Gasteiger partial charge in [-0.25, -0.2) is 4.79 Å². The maximum absolute atomic E-state index is 12.3. The van der Waals surface area contributed by atoms with Crippen LogP contribution in [0.4, 0.5) is 16.3 Å². The van der Waals surface area contributed by atoms with Crippen molar-refractivity contribution in [1.82, 2.24) is 14.5 Å². The topological polar surface area (TPSA) is 120 Å². The monoisotopic (exact) mass is 417 g/mol. The first-order chi connectivity index (χ1) is 13.9. The first-order valence-corrected chi connectivity index (χ1v) is 9.45. The van der Waals surface area contributed by atoms with Crippen LogP contribution in [0.2, 0.25) is 0 Å². The molecule has 30 heavy (non-hydrogen) atoms. The Bertz CT molecular complexity index is 932. The summed E-state index contributed by atoms with van der Waals surface area (Å²) >= 11 is 0. The minimum atomic E-state index is -0.574. The van der Waals surface area contributed by atoms with Gasteiger partial charge in [-0.15, -0.1) is 0 Å². The molecule has 0 bridgehead atoms. The number of carbonyl (C=O) groups excluding carboxylic acids is 2. The van der Waals surface area contributed by atoms with E-state index in [2.05, 4.69) is 10.3 Å². The van der Waals surface area contributed by atoms with Gasteiger partial charge in [0.05, 0.1) is 0 Å². The number of hydrogen-bond acceptors (Lipinski definition) is 6. The van der Waals surface area contributed by atoms with Gasteiger partial charge >= 0.3 is 11.9 Å². The number of nitrogens with zero attached hydrogens (tertiary/aromatic N) is 4. The average molecular weight is 417 g/mol. The molecule has 10 nitrogen and oxygen atoms in total. The number of nitro groups is 1. The highest BCUT2D eigenvalue weighted by atomic mass is 16.6. The molecule has 2 amide bonds. The van der Waals surface area contributed by atoms with E-state index < -0.39 is 16.6 Å². The van der Waals surface area contributed by atoms with Gasteiger partial charge in [0.1, 0.15) is 11.8 Å². The van der Waals surface area contributed by atoms with Gasteiger partial charge in [0.25, 0.3) is 0 Å². The number of aryl methyl sites for hydroxylation is 2. The van der Waals surface area contributed by atoms with Gasteiger partial charge in [0.15, 0.2) is 0 Å². The van der Waals surface area contributed by atoms with E-state index in [4.69, 9.17) is 4.74 Å². The molecule has 0 spiro atoms. The Balaban J connectivity index is 1.92. The van der Waals surface area contributed by atoms with Crippen molar-refractivity contribution in [1.29, 1.82) is 0 Å². The third-order valence-corrected chi connectivity index (χ3v) is 4.07. The Hall–Kier alpha value is -3.43. The average Bonchev–Trinajstić information content (AvgIpc) is 3.00. The number of rotatable bonds is 7. The molecule has 1 aromatic carbocycles. The number of carbonyl (C=O) groups is 2. The molecule has 1 N–H and O–H groups in total. The first-order valence-electron chi connectivity index (χ1n) is 9.45. The summed E-state index contributed by atoms with van der Waals surface area (Å²) in [4.78, 5) is 39.9. The fraction of sp³-hybridized carbons (Fsp3) is 0.450. The van der Waals surface area contributed by atoms with Crippen LogP contribution in [0, 0.1) is 17.0 Å². The lowest BCUT2D eigenvalue weighted by molar-refractivity contribution is -0.389. The maximum atomic E-state index is 12.3. The van der Waals surface area contributed by atoms with E-state index >= 15 is 0 Å². The molecule has 1 aromatic heterocycles. The van der Waals surface area contributed by atoms with Crippen LogP contribution in [0.15, 0.2) is 30.5 Å². The molecule has 0 atom stereocenters. The second-order valence-corrected chi connectivity index (χ2v) is 7.93. The molecule has 2 aromatic rings. The summed E-state index contributed by atoms with van der Waals surface area (Å²) in [6.45, 7) is 7.67. The van der Waals surface area contributed by atoms with Crippen LogP contribution in [-0.2, 0) is 22.6 Å². The fourth-order valence-electron chi connectivity index (χ4n) is 2.68. The number of nitrogens with one attached hydrogen (secondary N) is 1. The van der Waals surface area contributed by atoms with E-state index in [0.29, 0.717) is 18.1 Å². The SMILES string of the molecule is Cc1nc([N+](=O)[O-])cn1CCC(=O)Nc1cccc(CN(C)C(=O)OC(C)(C)C)c1. The summed E-state index contributed by atoms with van der Waals surface area (Å²) in [5.41, 5.74) is 0.862. The highest BCUT2D eigenvalue weighted by Crippen LogP contribution is 2.16. The number of anilines is 1. The lowest BCUT2D eigenvalue weighted by Gasteiger charge is -2.24. The van der Waals surface area contributed by atoms with Gasteiger partial charge in [-0.05, 0) is 48.4 Å². The molecular weight excluding hydrogens is 390 g/mol. The minimum Gasteiger partial charge on any atom is -0.444 e. The number of imidazole rings is 1. The molecule has 0 aliphatic carbocycles. The molecule has 0 saturated carbocycles. The van der Waals surface area contributed by atoms with Gasteiger partial charge in [0.2, 0.25) is 11.7 Å². The molecule has 0 saturated heterocycles. The highest BCUT2D eigenvalue weighted by Gasteiger charge is 2.20. The van der Waals surface area contributed by atoms with Crippen LogP contribution in [0.3, 0.4) is 0 Å². The predicted molar refractivity (Wildman–Crippen MR) is 111 cm³/mol. The smallest absolute Gasteiger partial charge is 0.410 e. The van der Waals surface area contributed by atoms with Gasteiger partial charge in [-0.3, -0.25) is 4.79 Å². The number of amides is 2. The molecule has 0 aliphatic rings. The Morgan fingerprint density at radius 1 is 1.33 bits per heavy atom. The summed E-state index contributed by atoms with van der Waals surface area (Å²) in [5, 5.41) is 13.6. The molecule has 0 aliphatic heterocycles. The summed E-state index contributed by atoms with van der Waals surface area (Å²) < 4.78 is 6.91. The summed E-state index contributed by atoms with van der Waals surface area (Å²) in [5.74, 6) is -0.000191. The Kier molecular flexibility index (Phi) is 7.14. The number of hydrogen-bond donors (Lipinski definition) is 1. The van der Waals surface area contributed by atoms with E-state index in [9.17, 15) is 19.7 Å². The Morgan fingerprint density at radius 3 is 2.63 bits per heavy atom. The lowest BCUT2D eigenvalue weighted by Crippen LogP contribution is -2.33. The molecular formula is C20H27N5O5. The molecule has 10 heteroatoms. The Morgan fingerprint density at radius 2 is 2.03 bits per heavy atom. The van der Waals surface area contributed by atoms with Crippen molar-refractivity contribution >= 4 is 23.5 Å². The van der Waals surface area contributed by atoms with Gasteiger partial charge in [-0.1, -0.05) is 12.1 Å². The summed E-state index contributed by atoms with van der Waals surface area (Å²) in [7, 11) is 1.64. The van der Waals surface area contributed by atoms with E-state index in [1.54, 1.807) is 57.5 Å². The number of aromatic nitrogens is 2. The zero-order valence-electron chi connectivity index (χ0n) is 17.8. The quantitative estimate of drug-likeness (QED) is 0.544. The molecule has 2 rings (SSSR count). The summed E-state index contributed by atoms with van der Waals surface area (Å²) in [6, 6.07) is 7.18. The minimum absolute atomic E-state index is 0.135. The number of ether oxygens (including phenoxy) is 1. The van der Waals surface area contributed by atoms with Crippen LogP contribution in [-0.4, -0.2) is 44.0 Å². The molecule has 1 heterocycles. The zero-order chi connectivity index (χ0) is 22.5. The lowest BCUT2D eigenvalue weighted by atomic mass is 10.2. The van der Waals surface area contributed by atoms with Crippen LogP contribution < -0.4 is 5.32 Å². The van der Waals surface area contributed by atoms with Crippen molar-refractivity contribution in [3.05, 3.63) is 52.0 Å². The molecule has 0 radical (unpaired) electrons. The second-order valence-electron chi connectivity index (χ2n) is 7.93. The van der Waals surface area contributed by atoms with Gasteiger partial charge in [-0.2, -0.15) is 0 Å². The van der Waals surface area contributed by atoms with Gasteiger partial charge < -0.3 is 29.6 Å². The summed E-state index contributed by atoms with van der Waals surface area (Å²) in [6.07, 6.45) is 1.02. The highest BCUT2D eigenvalue weighted by molar-refractivity contribution is 5.90. The van der Waals surface area contributed by atoms with Crippen LogP contribution in [0.5, 0.6) is 0 Å². The predicted octanol–water partition coefficient (Wildman–Crippen LogP) is 3.50. The standard InChI is InChI=1S/C20H27N5O5/c1-14-21-17(25(28)29)13-24(14)10-9-18(26)22-16-8-6-7-15(11-16)12-23(5)19(27)30-20(2,3)4/h6-8,11,13H,9-10,12H2,1-5H3,(H,22,26). The molecule has 0 unspecified atom stereocenters. The maximum Gasteiger partial charge on any atom is 0.410 e. The second kappa shape index (κ2) is 9.38. The number of benzene rings is 1. The normalized spacial score (nSPS) is 11.1.